The second-order valence-corrected chi connectivity index (χ2v) is 5.38. The first-order valence-electron chi connectivity index (χ1n) is 6.61. The molecule has 0 aromatic carbocycles. The monoisotopic (exact) mass is 253 g/mol. The van der Waals surface area contributed by atoms with Crippen molar-refractivity contribution in [3.05, 3.63) is 0 Å². The van der Waals surface area contributed by atoms with Crippen molar-refractivity contribution in [2.24, 2.45) is 5.41 Å². The standard InChI is InChI=1S/C13H19NO4/c1-2-5-9(11(16)17)14-10(15)8-13(12(14)18)6-3-4-7-13/h9H,2-8H2,1H3,(H,16,17). The summed E-state index contributed by atoms with van der Waals surface area (Å²) in [6.07, 6.45) is 4.55. The zero-order valence-electron chi connectivity index (χ0n) is 10.6. The minimum Gasteiger partial charge on any atom is -0.480 e. The lowest BCUT2D eigenvalue weighted by Crippen LogP contribution is -2.46. The van der Waals surface area contributed by atoms with Gasteiger partial charge in [-0.25, -0.2) is 4.79 Å². The Morgan fingerprint density at radius 2 is 2.00 bits per heavy atom. The Labute approximate surface area is 106 Å². The molecule has 0 bridgehead atoms. The van der Waals surface area contributed by atoms with Crippen LogP contribution in [0.4, 0.5) is 0 Å². The zero-order valence-corrected chi connectivity index (χ0v) is 10.6. The second-order valence-electron chi connectivity index (χ2n) is 5.38. The van der Waals surface area contributed by atoms with Gasteiger partial charge in [0.25, 0.3) is 0 Å². The molecule has 5 heteroatoms. The molecule has 1 N–H and O–H groups in total. The molecule has 0 radical (unpaired) electrons. The van der Waals surface area contributed by atoms with Crippen LogP contribution in [0.3, 0.4) is 0 Å². The summed E-state index contributed by atoms with van der Waals surface area (Å²) in [6.45, 7) is 1.85. The minimum atomic E-state index is -1.08. The number of likely N-dealkylation sites (tertiary alicyclic amines) is 1. The summed E-state index contributed by atoms with van der Waals surface area (Å²) in [5, 5.41) is 9.19. The van der Waals surface area contributed by atoms with Crippen molar-refractivity contribution < 1.29 is 19.5 Å². The molecule has 18 heavy (non-hydrogen) atoms. The van der Waals surface area contributed by atoms with E-state index >= 15 is 0 Å². The van der Waals surface area contributed by atoms with Crippen LogP contribution in [0.1, 0.15) is 51.9 Å². The number of hydrogen-bond acceptors (Lipinski definition) is 3. The third-order valence-corrected chi connectivity index (χ3v) is 4.15. The molecule has 1 atom stereocenters. The van der Waals surface area contributed by atoms with Gasteiger partial charge in [-0.15, -0.1) is 0 Å². The van der Waals surface area contributed by atoms with Gasteiger partial charge in [0, 0.05) is 6.42 Å². The molecule has 1 unspecified atom stereocenters. The van der Waals surface area contributed by atoms with E-state index in [4.69, 9.17) is 0 Å². The molecular formula is C13H19NO4. The van der Waals surface area contributed by atoms with Crippen molar-refractivity contribution in [1.82, 2.24) is 4.90 Å². The number of hydrogen-bond donors (Lipinski definition) is 1. The van der Waals surface area contributed by atoms with Crippen LogP contribution in [0.15, 0.2) is 0 Å². The maximum atomic E-state index is 12.4. The number of nitrogens with zero attached hydrogens (tertiary/aromatic N) is 1. The number of aliphatic carboxylic acids is 1. The summed E-state index contributed by atoms with van der Waals surface area (Å²) in [6, 6.07) is -0.977. The second kappa shape index (κ2) is 4.71. The fraction of sp³-hybridized carbons (Fsp3) is 0.769. The van der Waals surface area contributed by atoms with Crippen LogP contribution in [0, 0.1) is 5.41 Å². The van der Waals surface area contributed by atoms with E-state index in [0.29, 0.717) is 12.8 Å². The molecule has 2 aliphatic rings. The van der Waals surface area contributed by atoms with Crippen LogP contribution in [0.2, 0.25) is 0 Å². The fourth-order valence-electron chi connectivity index (χ4n) is 3.21. The van der Waals surface area contributed by atoms with Gasteiger partial charge < -0.3 is 5.11 Å². The average molecular weight is 253 g/mol. The number of carbonyl (C=O) groups is 3. The summed E-state index contributed by atoms with van der Waals surface area (Å²) in [7, 11) is 0. The molecule has 2 rings (SSSR count). The van der Waals surface area contributed by atoms with Crippen LogP contribution in [0.5, 0.6) is 0 Å². The highest BCUT2D eigenvalue weighted by molar-refractivity contribution is 6.08. The lowest BCUT2D eigenvalue weighted by Gasteiger charge is -2.25. The molecule has 5 nitrogen and oxygen atoms in total. The highest BCUT2D eigenvalue weighted by Crippen LogP contribution is 2.47. The normalized spacial score (nSPS) is 23.9. The van der Waals surface area contributed by atoms with Gasteiger partial charge in [-0.2, -0.15) is 0 Å². The first-order valence-corrected chi connectivity index (χ1v) is 6.61. The number of imide groups is 1. The molecule has 100 valence electrons. The Kier molecular flexibility index (Phi) is 3.41. The lowest BCUT2D eigenvalue weighted by molar-refractivity contribution is -0.156. The number of carboxylic acid groups (broad SMARTS) is 1. The maximum absolute atomic E-state index is 12.4. The third kappa shape index (κ3) is 1.91. The van der Waals surface area contributed by atoms with E-state index in [0.717, 1.165) is 30.6 Å². The molecule has 1 heterocycles. The maximum Gasteiger partial charge on any atom is 0.326 e. The summed E-state index contributed by atoms with van der Waals surface area (Å²) in [5.41, 5.74) is -0.571. The highest BCUT2D eigenvalue weighted by atomic mass is 16.4. The van der Waals surface area contributed by atoms with Crippen LogP contribution < -0.4 is 0 Å². The summed E-state index contributed by atoms with van der Waals surface area (Å²) >= 11 is 0. The van der Waals surface area contributed by atoms with Gasteiger partial charge >= 0.3 is 5.97 Å². The minimum absolute atomic E-state index is 0.208. The van der Waals surface area contributed by atoms with E-state index in [1.807, 2.05) is 6.92 Å². The molecule has 1 saturated heterocycles. The predicted octanol–water partition coefficient (Wildman–Crippen LogP) is 1.56. The Balaban J connectivity index is 2.25. The Morgan fingerprint density at radius 1 is 1.39 bits per heavy atom. The van der Waals surface area contributed by atoms with Crippen molar-refractivity contribution in [3.63, 3.8) is 0 Å². The number of amides is 2. The van der Waals surface area contributed by atoms with E-state index in [1.165, 1.54) is 0 Å². The van der Waals surface area contributed by atoms with E-state index in [-0.39, 0.29) is 18.2 Å². The van der Waals surface area contributed by atoms with E-state index in [1.54, 1.807) is 0 Å². The fourth-order valence-corrected chi connectivity index (χ4v) is 3.21. The topological polar surface area (TPSA) is 74.7 Å². The van der Waals surface area contributed by atoms with Crippen molar-refractivity contribution in [2.45, 2.75) is 57.9 Å². The SMILES string of the molecule is CCCC(C(=O)O)N1C(=O)CC2(CCCC2)C1=O. The third-order valence-electron chi connectivity index (χ3n) is 4.15. The van der Waals surface area contributed by atoms with Gasteiger partial charge in [-0.05, 0) is 19.3 Å². The molecule has 1 aliphatic carbocycles. The quantitative estimate of drug-likeness (QED) is 0.771. The molecule has 0 aromatic rings. The molecule has 1 spiro atoms. The molecule has 1 saturated carbocycles. The van der Waals surface area contributed by atoms with E-state index in [9.17, 15) is 19.5 Å². The van der Waals surface area contributed by atoms with E-state index in [2.05, 4.69) is 0 Å². The molecule has 1 aliphatic heterocycles. The molecule has 2 fully saturated rings. The zero-order chi connectivity index (χ0) is 13.3. The molecule has 2 amide bonds. The van der Waals surface area contributed by atoms with Crippen molar-refractivity contribution in [1.29, 1.82) is 0 Å². The van der Waals surface area contributed by atoms with E-state index < -0.39 is 17.4 Å². The van der Waals surface area contributed by atoms with Crippen molar-refractivity contribution in [3.8, 4) is 0 Å². The van der Waals surface area contributed by atoms with Gasteiger partial charge in [0.05, 0.1) is 5.41 Å². The Morgan fingerprint density at radius 3 is 2.50 bits per heavy atom. The van der Waals surface area contributed by atoms with Gasteiger partial charge in [0.15, 0.2) is 0 Å². The average Bonchev–Trinajstić information content (AvgIpc) is 2.85. The molecule has 0 aromatic heterocycles. The lowest BCUT2D eigenvalue weighted by atomic mass is 9.84. The summed E-state index contributed by atoms with van der Waals surface area (Å²) in [5.74, 6) is -1.62. The smallest absolute Gasteiger partial charge is 0.326 e. The Bertz CT molecular complexity index is 384. The number of carbonyl (C=O) groups excluding carboxylic acids is 2. The van der Waals surface area contributed by atoms with Gasteiger partial charge in [-0.3, -0.25) is 14.5 Å². The van der Waals surface area contributed by atoms with Crippen molar-refractivity contribution >= 4 is 17.8 Å². The van der Waals surface area contributed by atoms with Crippen LogP contribution >= 0.6 is 0 Å². The van der Waals surface area contributed by atoms with Gasteiger partial charge in [0.2, 0.25) is 11.8 Å². The highest BCUT2D eigenvalue weighted by Gasteiger charge is 2.55. The molecular weight excluding hydrogens is 234 g/mol. The first kappa shape index (κ1) is 13.1. The van der Waals surface area contributed by atoms with Gasteiger partial charge in [0.1, 0.15) is 6.04 Å². The first-order chi connectivity index (χ1) is 8.52. The van der Waals surface area contributed by atoms with Crippen LogP contribution in [-0.4, -0.2) is 33.8 Å². The Hall–Kier alpha value is -1.39. The number of rotatable bonds is 4. The van der Waals surface area contributed by atoms with Gasteiger partial charge in [-0.1, -0.05) is 26.2 Å². The van der Waals surface area contributed by atoms with Crippen LogP contribution in [0.25, 0.3) is 0 Å². The van der Waals surface area contributed by atoms with Crippen LogP contribution in [-0.2, 0) is 14.4 Å². The summed E-state index contributed by atoms with van der Waals surface area (Å²) < 4.78 is 0. The summed E-state index contributed by atoms with van der Waals surface area (Å²) in [4.78, 5) is 36.7. The van der Waals surface area contributed by atoms with Crippen molar-refractivity contribution in [2.75, 3.05) is 0 Å². The predicted molar refractivity (Wildman–Crippen MR) is 63.7 cm³/mol. The largest absolute Gasteiger partial charge is 0.480 e. The number of carboxylic acids is 1.